The maximum atomic E-state index is 13.9. The number of aromatic nitrogens is 4. The molecule has 4 saturated heterocycles. The number of hydrogen-bond acceptors (Lipinski definition) is 12. The van der Waals surface area contributed by atoms with Gasteiger partial charge in [0.25, 0.3) is 11.8 Å². The van der Waals surface area contributed by atoms with Crippen LogP contribution in [-0.4, -0.2) is 174 Å². The fraction of sp³-hybridized carbons (Fsp3) is 0.438. The smallest absolute Gasteiger partial charge is 0.318 e. The molecule has 6 aliphatic heterocycles. The van der Waals surface area contributed by atoms with Gasteiger partial charge in [-0.25, -0.2) is 9.59 Å². The largest absolute Gasteiger partial charge is 0.363 e. The maximum Gasteiger partial charge on any atom is 0.318 e. The molecular weight excluding hydrogens is 1120 g/mol. The number of amides is 6. The maximum absolute atomic E-state index is 13.9. The number of urea groups is 2. The summed E-state index contributed by atoms with van der Waals surface area (Å²) in [7, 11) is 8.07. The molecule has 4 fully saturated rings. The van der Waals surface area contributed by atoms with Gasteiger partial charge in [0.2, 0.25) is 0 Å². The van der Waals surface area contributed by atoms with Crippen molar-refractivity contribution in [1.82, 2.24) is 59.6 Å². The number of thiocarbonyl (C=S) groups is 2. The number of hydrogen-bond donors (Lipinski definition) is 4. The first kappa shape index (κ1) is 59.8. The van der Waals surface area contributed by atoms with Gasteiger partial charge in [0.05, 0.1) is 60.3 Å². The van der Waals surface area contributed by atoms with E-state index in [1.165, 1.54) is 0 Å². The van der Waals surface area contributed by atoms with Gasteiger partial charge in [0.1, 0.15) is 21.6 Å². The highest BCUT2D eigenvalue weighted by molar-refractivity contribution is 7.80. The minimum atomic E-state index is -0.0858. The zero-order chi connectivity index (χ0) is 60.2. The number of carbonyl (C=O) groups excluding carboxylic acids is 4. The molecule has 0 bridgehead atoms. The number of likely N-dealkylation sites (N-methyl/N-ethyl adjacent to an activating group) is 2. The average Bonchev–Trinajstić information content (AvgIpc) is 2.33. The van der Waals surface area contributed by atoms with Gasteiger partial charge in [-0.1, -0.05) is 60.8 Å². The second kappa shape index (κ2) is 26.4. The molecule has 20 nitrogen and oxygen atoms in total. The molecule has 2 aromatic heterocycles. The number of nitrogens with one attached hydrogen (secondary N) is 4. The molecule has 0 spiro atoms. The van der Waals surface area contributed by atoms with Gasteiger partial charge in [0.15, 0.2) is 0 Å². The van der Waals surface area contributed by atoms with Gasteiger partial charge in [-0.05, 0) is 150 Å². The topological polar surface area (TPSA) is 178 Å². The molecule has 2 atom stereocenters. The Kier molecular flexibility index (Phi) is 18.3. The predicted molar refractivity (Wildman–Crippen MR) is 346 cm³/mol. The summed E-state index contributed by atoms with van der Waals surface area (Å²) in [6.07, 6.45) is 9.49. The van der Waals surface area contributed by atoms with Crippen LogP contribution in [0.15, 0.2) is 97.3 Å². The summed E-state index contributed by atoms with van der Waals surface area (Å²) in [4.78, 5) is 72.9. The molecule has 0 unspecified atom stereocenters. The molecular formula is C64H80N16O4S2. The highest BCUT2D eigenvalue weighted by Gasteiger charge is 2.37. The fourth-order valence-corrected chi connectivity index (χ4v) is 13.5. The molecule has 86 heavy (non-hydrogen) atoms. The Morgan fingerprint density at radius 1 is 0.523 bits per heavy atom. The van der Waals surface area contributed by atoms with E-state index in [0.29, 0.717) is 50.4 Å². The monoisotopic (exact) mass is 1200 g/mol. The van der Waals surface area contributed by atoms with Crippen LogP contribution in [0.5, 0.6) is 0 Å². The summed E-state index contributed by atoms with van der Waals surface area (Å²) < 4.78 is 3.58. The summed E-state index contributed by atoms with van der Waals surface area (Å²) in [5.41, 5.74) is 10.3. The standard InChI is InChI=1S/2C32H40N8O2S/c2*1-22-18-23(30(41)40-21-25-20-34-37(3)29(25)35-26-8-4-5-9-27(26)40)11-12-24(22)19-33-32(42)39-15-6-10-28(39)31(43)38-14-7-13-36(2)16-17-38/h2*4-5,8-9,11-12,18,20,28,35H,6-7,10,13-17,19,21H2,1-3H3,(H,33,42)/t2*28-/m00/s1. The van der Waals surface area contributed by atoms with E-state index in [1.54, 1.807) is 31.6 Å². The van der Waals surface area contributed by atoms with Crippen LogP contribution in [0.3, 0.4) is 0 Å². The number of fused-ring (bicyclic) bond motifs is 4. The van der Waals surface area contributed by atoms with Crippen LogP contribution in [0.2, 0.25) is 0 Å². The Hall–Kier alpha value is -7.92. The van der Waals surface area contributed by atoms with E-state index in [1.807, 2.05) is 123 Å². The van der Waals surface area contributed by atoms with Gasteiger partial charge in [0, 0.05) is 102 Å². The van der Waals surface area contributed by atoms with Crippen molar-refractivity contribution < 1.29 is 19.2 Å². The van der Waals surface area contributed by atoms with Gasteiger partial charge < -0.3 is 60.5 Å². The van der Waals surface area contributed by atoms with Gasteiger partial charge in [-0.15, -0.1) is 0 Å². The molecule has 22 heteroatoms. The lowest BCUT2D eigenvalue weighted by atomic mass is 10.0. The number of benzene rings is 4. The Labute approximate surface area is 515 Å². The minimum absolute atomic E-state index is 0.0363. The molecule has 0 saturated carbocycles. The Morgan fingerprint density at radius 2 is 0.942 bits per heavy atom. The first-order chi connectivity index (χ1) is 41.6. The molecule has 4 N–H and O–H groups in total. The Morgan fingerprint density at radius 3 is 1.36 bits per heavy atom. The second-order valence-corrected chi connectivity index (χ2v) is 24.5. The van der Waals surface area contributed by atoms with Crippen LogP contribution in [0.4, 0.5) is 44.0 Å². The zero-order valence-corrected chi connectivity index (χ0v) is 52.0. The molecule has 452 valence electrons. The lowest BCUT2D eigenvalue weighted by molar-refractivity contribution is 0.0977. The summed E-state index contributed by atoms with van der Waals surface area (Å²) in [6, 6.07) is 26.8. The summed E-state index contributed by atoms with van der Waals surface area (Å²) in [5.74, 6) is 1.59. The van der Waals surface area contributed by atoms with Gasteiger partial charge in [-0.3, -0.25) is 19.0 Å². The number of rotatable bonds is 8. The van der Waals surface area contributed by atoms with Crippen molar-refractivity contribution in [1.29, 1.82) is 0 Å². The van der Waals surface area contributed by atoms with E-state index < -0.39 is 0 Å². The fourth-order valence-electron chi connectivity index (χ4n) is 12.7. The zero-order valence-electron chi connectivity index (χ0n) is 50.4. The van der Waals surface area contributed by atoms with Crippen LogP contribution < -0.4 is 31.1 Å². The molecule has 6 aliphatic rings. The number of anilines is 6. The molecule has 6 amide bonds. The molecule has 0 aliphatic carbocycles. The first-order valence-electron chi connectivity index (χ1n) is 30.2. The van der Waals surface area contributed by atoms with Gasteiger partial charge >= 0.3 is 12.1 Å². The lowest BCUT2D eigenvalue weighted by Gasteiger charge is -2.32. The number of likely N-dealkylation sites (tertiary alicyclic amines) is 2. The molecule has 8 heterocycles. The summed E-state index contributed by atoms with van der Waals surface area (Å²) >= 11 is 11.8. The van der Waals surface area contributed by atoms with E-state index in [2.05, 4.69) is 65.2 Å². The van der Waals surface area contributed by atoms with Crippen LogP contribution in [0, 0.1) is 13.8 Å². The number of para-hydroxylation sites is 4. The Bertz CT molecular complexity index is 3300. The molecule has 6 aromatic rings. The van der Waals surface area contributed by atoms with Crippen molar-refractivity contribution in [3.63, 3.8) is 0 Å². The third-order valence-corrected chi connectivity index (χ3v) is 18.8. The normalized spacial score (nSPS) is 18.8. The summed E-state index contributed by atoms with van der Waals surface area (Å²) in [6.45, 7) is 14.8. The van der Waals surface area contributed by atoms with Crippen molar-refractivity contribution in [2.75, 3.05) is 100.0 Å². The van der Waals surface area contributed by atoms with Crippen LogP contribution in [0.1, 0.15) is 92.6 Å². The minimum Gasteiger partial charge on any atom is -0.363 e. The van der Waals surface area contributed by atoms with Crippen LogP contribution in [0.25, 0.3) is 0 Å². The third kappa shape index (κ3) is 12.9. The molecule has 4 aromatic carbocycles. The quantitative estimate of drug-likeness (QED) is 0.107. The molecule has 0 radical (unpaired) electrons. The number of aryl methyl sites for hydroxylation is 4. The van der Waals surface area contributed by atoms with Crippen LogP contribution in [-0.2, 0) is 40.3 Å². The van der Waals surface area contributed by atoms with E-state index in [9.17, 15) is 19.2 Å². The number of nitrogens with zero attached hydrogens (tertiary/aromatic N) is 12. The van der Waals surface area contributed by atoms with E-state index in [-0.39, 0.29) is 36.0 Å². The highest BCUT2D eigenvalue weighted by Crippen LogP contribution is 2.38. The molecule has 12 rings (SSSR count). The third-order valence-electron chi connectivity index (χ3n) is 17.8. The summed E-state index contributed by atoms with van der Waals surface area (Å²) in [5, 5.41) is 21.9. The van der Waals surface area contributed by atoms with Crippen molar-refractivity contribution >= 4 is 92.7 Å². The lowest BCUT2D eigenvalue weighted by Crippen LogP contribution is -2.50. The Balaban J connectivity index is 0.000000179. The van der Waals surface area contributed by atoms with Gasteiger partial charge in [-0.2, -0.15) is 10.2 Å². The van der Waals surface area contributed by atoms with Crippen molar-refractivity contribution in [3.8, 4) is 0 Å². The van der Waals surface area contributed by atoms with E-state index in [0.717, 1.165) is 169 Å². The van der Waals surface area contributed by atoms with Crippen LogP contribution >= 0.6 is 24.4 Å². The SMILES string of the molecule is Cc1cc(C(=O)N2Cc3cnn(C)c3Nc3ccccc32)ccc1CNC(=O)N1CCC[C@H]1C(=S)N1CCCN(C)CC1.Cc1cc(C(=O)N2Cc3cnn(C)c3Nc3ccccc32)ccc1CNC(=O)N1CCC[C@H]1C(=S)N1CCCN(C)CC1. The van der Waals surface area contributed by atoms with Crippen molar-refractivity contribution in [2.24, 2.45) is 14.1 Å². The average molecular weight is 1200 g/mol. The highest BCUT2D eigenvalue weighted by atomic mass is 32.1. The van der Waals surface area contributed by atoms with Crippen molar-refractivity contribution in [3.05, 3.63) is 142 Å². The van der Waals surface area contributed by atoms with E-state index >= 15 is 0 Å². The number of carbonyl (C=O) groups is 4. The second-order valence-electron chi connectivity index (χ2n) is 23.6. The first-order valence-corrected chi connectivity index (χ1v) is 31.0. The van der Waals surface area contributed by atoms with Crippen molar-refractivity contribution in [2.45, 2.75) is 90.6 Å². The predicted octanol–water partition coefficient (Wildman–Crippen LogP) is 8.54. The van der Waals surface area contributed by atoms with E-state index in [4.69, 9.17) is 24.4 Å².